The van der Waals surface area contributed by atoms with Gasteiger partial charge in [-0.05, 0) is 59.7 Å². The van der Waals surface area contributed by atoms with Crippen LogP contribution in [-0.2, 0) is 0 Å². The third-order valence-electron chi connectivity index (χ3n) is 5.55. The van der Waals surface area contributed by atoms with Gasteiger partial charge in [-0.2, -0.15) is 0 Å². The minimum atomic E-state index is 1.12. The molecular weight excluding hydrogens is 460 g/mol. The first-order chi connectivity index (χ1) is 18.9. The molecule has 6 aromatic rings. The molecule has 0 atom stereocenters. The van der Waals surface area contributed by atoms with Crippen molar-refractivity contribution in [2.45, 2.75) is 0 Å². The molecule has 0 spiro atoms. The number of nitrogens with one attached hydrogen (secondary N) is 2. The number of hydrogen-bond donors (Lipinski definition) is 2. The first-order valence-electron chi connectivity index (χ1n) is 12.7. The molecule has 2 N–H and O–H groups in total. The second-order valence-electron chi connectivity index (χ2n) is 8.45. The van der Waals surface area contributed by atoms with Crippen molar-refractivity contribution >= 4 is 22.7 Å². The molecule has 0 unspecified atom stereocenters. The predicted octanol–water partition coefficient (Wildman–Crippen LogP) is 10.2. The van der Waals surface area contributed by atoms with Gasteiger partial charge in [-0.3, -0.25) is 0 Å². The van der Waals surface area contributed by atoms with E-state index in [0.29, 0.717) is 0 Å². The normalized spacial score (nSPS) is 9.58. The molecule has 2 heteroatoms. The van der Waals surface area contributed by atoms with E-state index < -0.39 is 0 Å². The predicted molar refractivity (Wildman–Crippen MR) is 164 cm³/mol. The summed E-state index contributed by atoms with van der Waals surface area (Å²) in [7, 11) is 0. The van der Waals surface area contributed by atoms with Gasteiger partial charge in [0.05, 0.1) is 0 Å². The van der Waals surface area contributed by atoms with Crippen molar-refractivity contribution in [1.82, 2.24) is 0 Å². The van der Waals surface area contributed by atoms with Gasteiger partial charge in [0.25, 0.3) is 0 Å². The first kappa shape index (κ1) is 26.0. The summed E-state index contributed by atoms with van der Waals surface area (Å²) in [6.07, 6.45) is 0. The third-order valence-corrected chi connectivity index (χ3v) is 5.55. The lowest BCUT2D eigenvalue weighted by Crippen LogP contribution is -1.87. The molecule has 0 aliphatic rings. The molecule has 2 nitrogen and oxygen atoms in total. The molecule has 0 fully saturated rings. The number of benzene rings is 6. The van der Waals surface area contributed by atoms with Crippen LogP contribution in [0.25, 0.3) is 11.1 Å². The fourth-order valence-electron chi connectivity index (χ4n) is 3.68. The molecule has 0 radical (unpaired) electrons. The maximum atomic E-state index is 3.30. The Hall–Kier alpha value is -5.08. The summed E-state index contributed by atoms with van der Waals surface area (Å²) >= 11 is 0. The third kappa shape index (κ3) is 9.18. The van der Waals surface area contributed by atoms with Crippen molar-refractivity contribution in [2.24, 2.45) is 0 Å². The van der Waals surface area contributed by atoms with Gasteiger partial charge in [0.1, 0.15) is 0 Å². The highest BCUT2D eigenvalue weighted by atomic mass is 14.9. The van der Waals surface area contributed by atoms with Gasteiger partial charge in [0, 0.05) is 22.7 Å². The Morgan fingerprint density at radius 3 is 0.605 bits per heavy atom. The highest BCUT2D eigenvalue weighted by molar-refractivity contribution is 5.63. The van der Waals surface area contributed by atoms with E-state index in [1.54, 1.807) is 0 Å². The lowest BCUT2D eigenvalue weighted by molar-refractivity contribution is 1.55. The van der Waals surface area contributed by atoms with Crippen LogP contribution in [0.15, 0.2) is 182 Å². The van der Waals surface area contributed by atoms with Crippen LogP contribution in [0.5, 0.6) is 0 Å². The zero-order chi connectivity index (χ0) is 26.1. The van der Waals surface area contributed by atoms with Crippen LogP contribution in [0.2, 0.25) is 0 Å². The Morgan fingerprint density at radius 2 is 0.395 bits per heavy atom. The minimum absolute atomic E-state index is 1.12. The van der Waals surface area contributed by atoms with Crippen molar-refractivity contribution in [1.29, 1.82) is 0 Å². The van der Waals surface area contributed by atoms with Crippen LogP contribution in [0.1, 0.15) is 0 Å². The Morgan fingerprint density at radius 1 is 0.211 bits per heavy atom. The van der Waals surface area contributed by atoms with Crippen LogP contribution >= 0.6 is 0 Å². The van der Waals surface area contributed by atoms with Gasteiger partial charge < -0.3 is 10.6 Å². The van der Waals surface area contributed by atoms with E-state index in [0.717, 1.165) is 22.7 Å². The lowest BCUT2D eigenvalue weighted by atomic mass is 10.1. The van der Waals surface area contributed by atoms with Gasteiger partial charge in [-0.1, -0.05) is 133 Å². The van der Waals surface area contributed by atoms with Gasteiger partial charge in [0.2, 0.25) is 0 Å². The average molecular weight is 493 g/mol. The molecule has 6 aromatic carbocycles. The molecule has 186 valence electrons. The topological polar surface area (TPSA) is 24.1 Å². The van der Waals surface area contributed by atoms with Gasteiger partial charge in [-0.15, -0.1) is 0 Å². The minimum Gasteiger partial charge on any atom is -0.356 e. The Bertz CT molecular complexity index is 1220. The molecule has 0 saturated carbocycles. The van der Waals surface area contributed by atoms with Crippen LogP contribution in [-0.4, -0.2) is 0 Å². The van der Waals surface area contributed by atoms with Gasteiger partial charge in [0.15, 0.2) is 0 Å². The molecule has 0 saturated heterocycles. The van der Waals surface area contributed by atoms with Crippen molar-refractivity contribution in [3.63, 3.8) is 0 Å². The second kappa shape index (κ2) is 15.1. The van der Waals surface area contributed by atoms with Gasteiger partial charge >= 0.3 is 0 Å². The van der Waals surface area contributed by atoms with E-state index in [1.165, 1.54) is 11.1 Å². The smallest absolute Gasteiger partial charge is 0.0384 e. The van der Waals surface area contributed by atoms with Crippen LogP contribution < -0.4 is 10.6 Å². The summed E-state index contributed by atoms with van der Waals surface area (Å²) in [5.41, 5.74) is 7.03. The number of para-hydroxylation sites is 4. The largest absolute Gasteiger partial charge is 0.356 e. The van der Waals surface area contributed by atoms with Crippen molar-refractivity contribution < 1.29 is 0 Å². The molecular formula is C36H32N2. The fourth-order valence-corrected chi connectivity index (χ4v) is 3.68. The summed E-state index contributed by atoms with van der Waals surface area (Å²) in [5, 5.41) is 6.61. The van der Waals surface area contributed by atoms with E-state index in [9.17, 15) is 0 Å². The summed E-state index contributed by atoms with van der Waals surface area (Å²) < 4.78 is 0. The van der Waals surface area contributed by atoms with Crippen LogP contribution in [0, 0.1) is 0 Å². The first-order valence-corrected chi connectivity index (χ1v) is 12.7. The van der Waals surface area contributed by atoms with Crippen LogP contribution in [0.3, 0.4) is 0 Å². The SMILES string of the molecule is c1ccc(-c2ccccc2)cc1.c1ccc(Nc2ccccc2)cc1.c1ccc(Nc2ccccc2)cc1. The monoisotopic (exact) mass is 492 g/mol. The van der Waals surface area contributed by atoms with Crippen molar-refractivity contribution in [3.05, 3.63) is 182 Å². The highest BCUT2D eigenvalue weighted by Crippen LogP contribution is 2.17. The zero-order valence-electron chi connectivity index (χ0n) is 21.3. The van der Waals surface area contributed by atoms with Crippen molar-refractivity contribution in [2.75, 3.05) is 10.6 Å². The zero-order valence-corrected chi connectivity index (χ0v) is 21.3. The Kier molecular flexibility index (Phi) is 10.3. The van der Waals surface area contributed by atoms with E-state index >= 15 is 0 Å². The summed E-state index contributed by atoms with van der Waals surface area (Å²) in [6, 6.07) is 61.4. The maximum Gasteiger partial charge on any atom is 0.0384 e. The van der Waals surface area contributed by atoms with E-state index in [1.807, 2.05) is 133 Å². The number of rotatable bonds is 5. The van der Waals surface area contributed by atoms with E-state index in [-0.39, 0.29) is 0 Å². The molecule has 0 aromatic heterocycles. The number of anilines is 4. The van der Waals surface area contributed by atoms with E-state index in [4.69, 9.17) is 0 Å². The standard InChI is InChI=1S/2C12H11N.C12H10/c2*1-3-7-11(8-4-1)13-12-9-5-2-6-10-12;1-3-7-11(8-4-1)12-9-5-2-6-10-12/h2*1-10,13H;1-10H. The lowest BCUT2D eigenvalue weighted by Gasteiger charge is -2.04. The van der Waals surface area contributed by atoms with Gasteiger partial charge in [-0.25, -0.2) is 0 Å². The number of hydrogen-bond acceptors (Lipinski definition) is 2. The second-order valence-corrected chi connectivity index (χ2v) is 8.45. The molecule has 0 bridgehead atoms. The summed E-state index contributed by atoms with van der Waals surface area (Å²) in [4.78, 5) is 0. The molecule has 0 amide bonds. The summed E-state index contributed by atoms with van der Waals surface area (Å²) in [5.74, 6) is 0. The highest BCUT2D eigenvalue weighted by Gasteiger charge is 1.92. The maximum absolute atomic E-state index is 3.30. The molecule has 0 aliphatic heterocycles. The van der Waals surface area contributed by atoms with Crippen molar-refractivity contribution in [3.8, 4) is 11.1 Å². The average Bonchev–Trinajstić information content (AvgIpc) is 3.01. The molecule has 6 rings (SSSR count). The fraction of sp³-hybridized carbons (Fsp3) is 0. The summed E-state index contributed by atoms with van der Waals surface area (Å²) in [6.45, 7) is 0. The van der Waals surface area contributed by atoms with E-state index in [2.05, 4.69) is 59.2 Å². The molecule has 38 heavy (non-hydrogen) atoms. The molecule has 0 aliphatic carbocycles. The quantitative estimate of drug-likeness (QED) is 0.250. The van der Waals surface area contributed by atoms with Crippen LogP contribution in [0.4, 0.5) is 22.7 Å². The Labute approximate surface area is 226 Å². The Balaban J connectivity index is 0.000000133. The molecule has 0 heterocycles.